The molecule has 0 spiro atoms. The van der Waals surface area contributed by atoms with Gasteiger partial charge < -0.3 is 16.2 Å². The minimum atomic E-state index is -0.963. The molecule has 158 valence electrons. The van der Waals surface area contributed by atoms with Crippen molar-refractivity contribution in [2.75, 3.05) is 6.54 Å². The summed E-state index contributed by atoms with van der Waals surface area (Å²) in [6.07, 6.45) is 20.7. The van der Waals surface area contributed by atoms with E-state index >= 15 is 0 Å². The molecule has 27 heavy (non-hydrogen) atoms. The maximum atomic E-state index is 11.7. The second-order valence-corrected chi connectivity index (χ2v) is 7.42. The van der Waals surface area contributed by atoms with Crippen LogP contribution < -0.4 is 11.1 Å². The Bertz CT molecular complexity index is 397. The van der Waals surface area contributed by atoms with Gasteiger partial charge in [0.1, 0.15) is 6.04 Å². The summed E-state index contributed by atoms with van der Waals surface area (Å²) in [5, 5.41) is 11.6. The van der Waals surface area contributed by atoms with E-state index in [1.165, 1.54) is 51.4 Å². The minimum Gasteiger partial charge on any atom is -0.480 e. The van der Waals surface area contributed by atoms with Gasteiger partial charge in [0.05, 0.1) is 0 Å². The highest BCUT2D eigenvalue weighted by Gasteiger charge is 2.10. The zero-order chi connectivity index (χ0) is 20.2. The van der Waals surface area contributed by atoms with Gasteiger partial charge in [0.25, 0.3) is 0 Å². The predicted octanol–water partition coefficient (Wildman–Crippen LogP) is 4.94. The molecule has 0 aliphatic rings. The van der Waals surface area contributed by atoms with Crippen LogP contribution in [0.2, 0.25) is 0 Å². The second kappa shape index (κ2) is 19.4. The lowest BCUT2D eigenvalue weighted by Crippen LogP contribution is -2.30. The van der Waals surface area contributed by atoms with E-state index < -0.39 is 12.0 Å². The van der Waals surface area contributed by atoms with E-state index in [0.29, 0.717) is 19.4 Å². The van der Waals surface area contributed by atoms with E-state index in [9.17, 15) is 9.59 Å². The van der Waals surface area contributed by atoms with Gasteiger partial charge in [0, 0.05) is 13.0 Å². The van der Waals surface area contributed by atoms with Crippen LogP contribution in [-0.4, -0.2) is 29.6 Å². The van der Waals surface area contributed by atoms with Crippen LogP contribution in [0, 0.1) is 0 Å². The zero-order valence-corrected chi connectivity index (χ0v) is 17.4. The summed E-state index contributed by atoms with van der Waals surface area (Å²) in [6.45, 7) is 2.85. The summed E-state index contributed by atoms with van der Waals surface area (Å²) in [7, 11) is 0. The molecule has 0 aliphatic carbocycles. The van der Waals surface area contributed by atoms with Crippen LogP contribution in [0.3, 0.4) is 0 Å². The number of carboxylic acid groups (broad SMARTS) is 1. The van der Waals surface area contributed by atoms with Crippen LogP contribution in [0.25, 0.3) is 0 Å². The molecule has 0 aromatic carbocycles. The third-order valence-corrected chi connectivity index (χ3v) is 4.75. The number of carbonyl (C=O) groups excluding carboxylic acids is 1. The Hall–Kier alpha value is -1.36. The Morgan fingerprint density at radius 1 is 0.889 bits per heavy atom. The van der Waals surface area contributed by atoms with E-state index in [1.54, 1.807) is 0 Å². The van der Waals surface area contributed by atoms with E-state index in [4.69, 9.17) is 10.8 Å². The van der Waals surface area contributed by atoms with Crippen molar-refractivity contribution in [2.24, 2.45) is 5.73 Å². The first-order valence-corrected chi connectivity index (χ1v) is 11.0. The largest absolute Gasteiger partial charge is 0.480 e. The van der Waals surface area contributed by atoms with Crippen LogP contribution in [0.5, 0.6) is 0 Å². The lowest BCUT2D eigenvalue weighted by molar-refractivity contribution is -0.138. The number of carboxylic acids is 1. The van der Waals surface area contributed by atoms with Gasteiger partial charge >= 0.3 is 5.97 Å². The summed E-state index contributed by atoms with van der Waals surface area (Å²) < 4.78 is 0. The van der Waals surface area contributed by atoms with Crippen LogP contribution in [0.15, 0.2) is 12.2 Å². The van der Waals surface area contributed by atoms with Gasteiger partial charge in [-0.3, -0.25) is 9.59 Å². The van der Waals surface area contributed by atoms with Gasteiger partial charge in [0.15, 0.2) is 0 Å². The van der Waals surface area contributed by atoms with Crippen LogP contribution in [0.1, 0.15) is 103 Å². The Labute approximate surface area is 166 Å². The third kappa shape index (κ3) is 19.2. The van der Waals surface area contributed by atoms with Gasteiger partial charge in [-0.2, -0.15) is 0 Å². The van der Waals surface area contributed by atoms with Gasteiger partial charge in [-0.15, -0.1) is 0 Å². The third-order valence-electron chi connectivity index (χ3n) is 4.75. The van der Waals surface area contributed by atoms with Crippen molar-refractivity contribution in [1.29, 1.82) is 0 Å². The summed E-state index contributed by atoms with van der Waals surface area (Å²) in [4.78, 5) is 22.3. The molecule has 0 aromatic rings. The molecule has 0 saturated heterocycles. The molecular formula is C22H42N2O3. The maximum absolute atomic E-state index is 11.7. The van der Waals surface area contributed by atoms with E-state index in [1.807, 2.05) is 0 Å². The van der Waals surface area contributed by atoms with E-state index in [-0.39, 0.29) is 5.91 Å². The minimum absolute atomic E-state index is 0.0778. The monoisotopic (exact) mass is 382 g/mol. The molecule has 5 nitrogen and oxygen atoms in total. The van der Waals surface area contributed by atoms with Crippen molar-refractivity contribution in [3.8, 4) is 0 Å². The van der Waals surface area contributed by atoms with Crippen LogP contribution in [-0.2, 0) is 9.59 Å². The van der Waals surface area contributed by atoms with Gasteiger partial charge in [-0.05, 0) is 44.9 Å². The number of carbonyl (C=O) groups is 2. The number of nitrogens with two attached hydrogens (primary N) is 1. The Kier molecular flexibility index (Phi) is 18.4. The molecule has 1 atom stereocenters. The first-order valence-electron chi connectivity index (χ1n) is 11.0. The van der Waals surface area contributed by atoms with E-state index in [0.717, 1.165) is 32.1 Å². The number of unbranched alkanes of at least 4 members (excludes halogenated alkanes) is 10. The Balaban J connectivity index is 3.32. The normalized spacial score (nSPS) is 12.4. The molecule has 0 rings (SSSR count). The lowest BCUT2D eigenvalue weighted by atomic mass is 10.1. The predicted molar refractivity (Wildman–Crippen MR) is 113 cm³/mol. The van der Waals surface area contributed by atoms with Crippen molar-refractivity contribution in [3.05, 3.63) is 12.2 Å². The van der Waals surface area contributed by atoms with Gasteiger partial charge in [-0.25, -0.2) is 0 Å². The van der Waals surface area contributed by atoms with Crippen molar-refractivity contribution in [3.63, 3.8) is 0 Å². The molecule has 5 heteroatoms. The number of aliphatic carboxylic acids is 1. The number of amides is 1. The highest BCUT2D eigenvalue weighted by Crippen LogP contribution is 2.10. The summed E-state index contributed by atoms with van der Waals surface area (Å²) in [6, 6.07) is -0.793. The zero-order valence-electron chi connectivity index (χ0n) is 17.4. The molecule has 0 aromatic heterocycles. The molecule has 1 amide bonds. The summed E-state index contributed by atoms with van der Waals surface area (Å²) in [5.41, 5.74) is 5.43. The van der Waals surface area contributed by atoms with Crippen LogP contribution >= 0.6 is 0 Å². The average Bonchev–Trinajstić information content (AvgIpc) is 2.64. The van der Waals surface area contributed by atoms with Crippen molar-refractivity contribution < 1.29 is 14.7 Å². The summed E-state index contributed by atoms with van der Waals surface area (Å²) >= 11 is 0. The molecular weight excluding hydrogens is 340 g/mol. The van der Waals surface area contributed by atoms with Crippen molar-refractivity contribution in [1.82, 2.24) is 5.32 Å². The Morgan fingerprint density at radius 2 is 1.48 bits per heavy atom. The standard InChI is InChI=1S/C22H42N2O3/c1-2-3-4-5-6-7-8-9-10-11-12-13-14-18-21(25)24-19-16-15-17-20(23)22(26)27/h11-12,20H,2-10,13-19,23H2,1H3,(H,24,25)(H,26,27)/b12-11+/t20-/m0/s1. The quantitative estimate of drug-likeness (QED) is 0.218. The molecule has 0 aliphatic heterocycles. The van der Waals surface area contributed by atoms with Gasteiger partial charge in [0.2, 0.25) is 5.91 Å². The first kappa shape index (κ1) is 25.6. The van der Waals surface area contributed by atoms with Crippen molar-refractivity contribution >= 4 is 11.9 Å². The molecule has 0 saturated carbocycles. The lowest BCUT2D eigenvalue weighted by Gasteiger charge is -2.07. The number of nitrogens with one attached hydrogen (secondary N) is 1. The molecule has 0 radical (unpaired) electrons. The fourth-order valence-corrected chi connectivity index (χ4v) is 2.94. The topological polar surface area (TPSA) is 92.4 Å². The highest BCUT2D eigenvalue weighted by molar-refractivity contribution is 5.75. The second-order valence-electron chi connectivity index (χ2n) is 7.42. The first-order chi connectivity index (χ1) is 13.1. The van der Waals surface area contributed by atoms with E-state index in [2.05, 4.69) is 24.4 Å². The Morgan fingerprint density at radius 3 is 2.11 bits per heavy atom. The molecule has 0 unspecified atom stereocenters. The van der Waals surface area contributed by atoms with Crippen molar-refractivity contribution in [2.45, 2.75) is 109 Å². The number of hydrogen-bond donors (Lipinski definition) is 3. The van der Waals surface area contributed by atoms with Crippen LogP contribution in [0.4, 0.5) is 0 Å². The molecule has 0 bridgehead atoms. The molecule has 0 fully saturated rings. The summed E-state index contributed by atoms with van der Waals surface area (Å²) in [5.74, 6) is -0.886. The fourth-order valence-electron chi connectivity index (χ4n) is 2.94. The highest BCUT2D eigenvalue weighted by atomic mass is 16.4. The average molecular weight is 383 g/mol. The SMILES string of the molecule is CCCCCCCCCC/C=C/CCCC(=O)NCCCC[C@H](N)C(=O)O. The number of rotatable bonds is 19. The number of hydrogen-bond acceptors (Lipinski definition) is 3. The van der Waals surface area contributed by atoms with Gasteiger partial charge in [-0.1, -0.05) is 64.0 Å². The maximum Gasteiger partial charge on any atom is 0.320 e. The molecule has 0 heterocycles. The fraction of sp³-hybridized carbons (Fsp3) is 0.818. The number of allylic oxidation sites excluding steroid dienone is 2. The molecule has 4 N–H and O–H groups in total. The smallest absolute Gasteiger partial charge is 0.320 e.